The smallest absolute Gasteiger partial charge is 0.329 e. The maximum absolute atomic E-state index is 11.8. The second-order valence-corrected chi connectivity index (χ2v) is 4.95. The Hall–Kier alpha value is -1.88. The standard InChI is InChI=1S/C15H19NO4/c17-14(18)10-20-9-8-16-15(19)13-6-4-12(5-7-13)11-2-1-3-11/h4-7,11H,1-3,8-10H2,(H,16,19)(H,17,18). The molecule has 2 N–H and O–H groups in total. The molecule has 1 aromatic rings. The lowest BCUT2D eigenvalue weighted by molar-refractivity contribution is -0.142. The molecule has 0 saturated heterocycles. The molecule has 1 aliphatic carbocycles. The van der Waals surface area contributed by atoms with E-state index in [0.29, 0.717) is 18.0 Å². The molecule has 0 bridgehead atoms. The number of carboxylic acids is 1. The highest BCUT2D eigenvalue weighted by molar-refractivity contribution is 5.94. The highest BCUT2D eigenvalue weighted by Crippen LogP contribution is 2.36. The molecule has 0 spiro atoms. The van der Waals surface area contributed by atoms with Crippen LogP contribution in [0, 0.1) is 0 Å². The van der Waals surface area contributed by atoms with Crippen LogP contribution in [0.4, 0.5) is 0 Å². The number of hydrogen-bond donors (Lipinski definition) is 2. The van der Waals surface area contributed by atoms with E-state index in [0.717, 1.165) is 0 Å². The van der Waals surface area contributed by atoms with Gasteiger partial charge < -0.3 is 15.2 Å². The Morgan fingerprint density at radius 3 is 2.50 bits per heavy atom. The topological polar surface area (TPSA) is 75.6 Å². The van der Waals surface area contributed by atoms with Crippen LogP contribution in [0.1, 0.15) is 41.1 Å². The summed E-state index contributed by atoms with van der Waals surface area (Å²) in [6, 6.07) is 7.70. The van der Waals surface area contributed by atoms with Crippen LogP contribution in [0.3, 0.4) is 0 Å². The van der Waals surface area contributed by atoms with E-state index in [4.69, 9.17) is 9.84 Å². The lowest BCUT2D eigenvalue weighted by atomic mass is 9.80. The van der Waals surface area contributed by atoms with Gasteiger partial charge in [-0.05, 0) is 36.5 Å². The van der Waals surface area contributed by atoms with Crippen molar-refractivity contribution < 1.29 is 19.4 Å². The van der Waals surface area contributed by atoms with Gasteiger partial charge in [0.1, 0.15) is 6.61 Å². The summed E-state index contributed by atoms with van der Waals surface area (Å²) in [7, 11) is 0. The van der Waals surface area contributed by atoms with Gasteiger partial charge in [-0.1, -0.05) is 18.6 Å². The summed E-state index contributed by atoms with van der Waals surface area (Å²) in [5, 5.41) is 11.1. The molecule has 2 rings (SSSR count). The maximum atomic E-state index is 11.8. The first-order valence-corrected chi connectivity index (χ1v) is 6.84. The number of nitrogens with one attached hydrogen (secondary N) is 1. The van der Waals surface area contributed by atoms with Crippen LogP contribution in [-0.2, 0) is 9.53 Å². The molecule has 1 saturated carbocycles. The Kier molecular flexibility index (Phi) is 5.12. The summed E-state index contributed by atoms with van der Waals surface area (Å²) in [5.41, 5.74) is 1.92. The first-order chi connectivity index (χ1) is 9.66. The van der Waals surface area contributed by atoms with Gasteiger partial charge in [-0.2, -0.15) is 0 Å². The minimum Gasteiger partial charge on any atom is -0.480 e. The Balaban J connectivity index is 1.73. The number of carboxylic acid groups (broad SMARTS) is 1. The fourth-order valence-electron chi connectivity index (χ4n) is 2.15. The highest BCUT2D eigenvalue weighted by atomic mass is 16.5. The molecular weight excluding hydrogens is 258 g/mol. The molecule has 1 aromatic carbocycles. The molecule has 0 aromatic heterocycles. The van der Waals surface area contributed by atoms with Gasteiger partial charge >= 0.3 is 5.97 Å². The number of rotatable bonds is 7. The van der Waals surface area contributed by atoms with Crippen LogP contribution in [0.25, 0.3) is 0 Å². The molecule has 1 fully saturated rings. The third-order valence-corrected chi connectivity index (χ3v) is 3.51. The van der Waals surface area contributed by atoms with Crippen LogP contribution in [-0.4, -0.2) is 36.7 Å². The van der Waals surface area contributed by atoms with Crippen LogP contribution in [0.5, 0.6) is 0 Å². The summed E-state index contributed by atoms with van der Waals surface area (Å²) < 4.78 is 4.84. The number of hydrogen-bond acceptors (Lipinski definition) is 3. The van der Waals surface area contributed by atoms with E-state index >= 15 is 0 Å². The molecule has 5 heteroatoms. The van der Waals surface area contributed by atoms with Crippen molar-refractivity contribution in [1.82, 2.24) is 5.32 Å². The SMILES string of the molecule is O=C(O)COCCNC(=O)c1ccc(C2CCC2)cc1. The first kappa shape index (κ1) is 14.5. The van der Waals surface area contributed by atoms with Gasteiger partial charge in [-0.15, -0.1) is 0 Å². The van der Waals surface area contributed by atoms with E-state index in [1.165, 1.54) is 24.8 Å². The Morgan fingerprint density at radius 1 is 1.25 bits per heavy atom. The van der Waals surface area contributed by atoms with Crippen molar-refractivity contribution in [2.45, 2.75) is 25.2 Å². The van der Waals surface area contributed by atoms with Gasteiger partial charge in [-0.25, -0.2) is 4.79 Å². The van der Waals surface area contributed by atoms with E-state index in [9.17, 15) is 9.59 Å². The van der Waals surface area contributed by atoms with E-state index < -0.39 is 5.97 Å². The number of carbonyl (C=O) groups excluding carboxylic acids is 1. The third kappa shape index (κ3) is 4.06. The zero-order chi connectivity index (χ0) is 14.4. The van der Waals surface area contributed by atoms with Gasteiger partial charge in [0, 0.05) is 12.1 Å². The molecule has 1 amide bonds. The van der Waals surface area contributed by atoms with Crippen molar-refractivity contribution >= 4 is 11.9 Å². The van der Waals surface area contributed by atoms with Crippen molar-refractivity contribution in [3.8, 4) is 0 Å². The molecule has 0 radical (unpaired) electrons. The summed E-state index contributed by atoms with van der Waals surface area (Å²) >= 11 is 0. The summed E-state index contributed by atoms with van der Waals surface area (Å²) in [5.74, 6) is -0.511. The minimum atomic E-state index is -1.01. The van der Waals surface area contributed by atoms with E-state index in [1.54, 1.807) is 0 Å². The van der Waals surface area contributed by atoms with E-state index in [-0.39, 0.29) is 19.1 Å². The molecule has 108 valence electrons. The van der Waals surface area contributed by atoms with Gasteiger partial charge in [0.15, 0.2) is 0 Å². The molecule has 0 heterocycles. The van der Waals surface area contributed by atoms with Crippen molar-refractivity contribution in [2.75, 3.05) is 19.8 Å². The Morgan fingerprint density at radius 2 is 1.95 bits per heavy atom. The molecular formula is C15H19NO4. The van der Waals surface area contributed by atoms with Gasteiger partial charge in [0.25, 0.3) is 5.91 Å². The first-order valence-electron chi connectivity index (χ1n) is 6.84. The molecule has 20 heavy (non-hydrogen) atoms. The van der Waals surface area contributed by atoms with Gasteiger partial charge in [0.05, 0.1) is 6.61 Å². The van der Waals surface area contributed by atoms with E-state index in [2.05, 4.69) is 5.32 Å². The predicted molar refractivity (Wildman–Crippen MR) is 73.8 cm³/mol. The average Bonchev–Trinajstić information content (AvgIpc) is 2.36. The molecule has 0 aliphatic heterocycles. The number of amides is 1. The fourth-order valence-corrected chi connectivity index (χ4v) is 2.15. The van der Waals surface area contributed by atoms with Crippen molar-refractivity contribution in [2.24, 2.45) is 0 Å². The highest BCUT2D eigenvalue weighted by Gasteiger charge is 2.19. The monoisotopic (exact) mass is 277 g/mol. The molecule has 1 aliphatic rings. The quantitative estimate of drug-likeness (QED) is 0.745. The number of carbonyl (C=O) groups is 2. The zero-order valence-electron chi connectivity index (χ0n) is 11.3. The average molecular weight is 277 g/mol. The molecule has 0 atom stereocenters. The lowest BCUT2D eigenvalue weighted by Crippen LogP contribution is -2.28. The summed E-state index contributed by atoms with van der Waals surface area (Å²) in [6.07, 6.45) is 3.78. The normalized spacial score (nSPS) is 14.6. The van der Waals surface area contributed by atoms with Crippen LogP contribution >= 0.6 is 0 Å². The largest absolute Gasteiger partial charge is 0.480 e. The predicted octanol–water partition coefficient (Wildman–Crippen LogP) is 1.79. The maximum Gasteiger partial charge on any atom is 0.329 e. The molecule has 5 nitrogen and oxygen atoms in total. The van der Waals surface area contributed by atoms with Crippen molar-refractivity contribution in [1.29, 1.82) is 0 Å². The number of ether oxygens (including phenoxy) is 1. The lowest BCUT2D eigenvalue weighted by Gasteiger charge is -2.25. The zero-order valence-corrected chi connectivity index (χ0v) is 11.3. The second-order valence-electron chi connectivity index (χ2n) is 4.95. The van der Waals surface area contributed by atoms with Gasteiger partial charge in [-0.3, -0.25) is 4.79 Å². The third-order valence-electron chi connectivity index (χ3n) is 3.51. The van der Waals surface area contributed by atoms with Crippen molar-refractivity contribution in [3.63, 3.8) is 0 Å². The summed E-state index contributed by atoms with van der Waals surface area (Å²) in [6.45, 7) is 0.153. The van der Waals surface area contributed by atoms with E-state index in [1.807, 2.05) is 24.3 Å². The van der Waals surface area contributed by atoms with Crippen molar-refractivity contribution in [3.05, 3.63) is 35.4 Å². The Labute approximate surface area is 117 Å². The number of aliphatic carboxylic acids is 1. The Bertz CT molecular complexity index is 465. The van der Waals surface area contributed by atoms with Crippen LogP contribution in [0.15, 0.2) is 24.3 Å². The fraction of sp³-hybridized carbons (Fsp3) is 0.467. The second kappa shape index (κ2) is 7.05. The molecule has 0 unspecified atom stereocenters. The number of benzene rings is 1. The van der Waals surface area contributed by atoms with Gasteiger partial charge in [0.2, 0.25) is 0 Å². The summed E-state index contributed by atoms with van der Waals surface area (Å²) in [4.78, 5) is 22.0. The van der Waals surface area contributed by atoms with Crippen LogP contribution < -0.4 is 5.32 Å². The minimum absolute atomic E-state index is 0.163. The van der Waals surface area contributed by atoms with Crippen LogP contribution in [0.2, 0.25) is 0 Å².